The fourth-order valence-electron chi connectivity index (χ4n) is 1.52. The highest BCUT2D eigenvalue weighted by molar-refractivity contribution is 7.19. The Hall–Kier alpha value is -1.35. The van der Waals surface area contributed by atoms with E-state index in [4.69, 9.17) is 5.11 Å². The predicted octanol–water partition coefficient (Wildman–Crippen LogP) is 3.40. The molecule has 1 unspecified atom stereocenters. The van der Waals surface area contributed by atoms with Crippen molar-refractivity contribution in [3.05, 3.63) is 34.7 Å². The van der Waals surface area contributed by atoms with Gasteiger partial charge in [-0.15, -0.1) is 11.3 Å². The van der Waals surface area contributed by atoms with Crippen LogP contribution in [0.15, 0.2) is 24.3 Å². The van der Waals surface area contributed by atoms with Crippen molar-refractivity contribution >= 4 is 27.4 Å². The van der Waals surface area contributed by atoms with Gasteiger partial charge in [0, 0.05) is 9.58 Å². The molecule has 1 N–H and O–H groups in total. The molecular weight excluding hydrogens is 208 g/mol. The van der Waals surface area contributed by atoms with Crippen LogP contribution in [0.3, 0.4) is 0 Å². The van der Waals surface area contributed by atoms with Gasteiger partial charge in [-0.25, -0.2) is 0 Å². The van der Waals surface area contributed by atoms with E-state index in [0.717, 1.165) is 15.0 Å². The van der Waals surface area contributed by atoms with Gasteiger partial charge in [0.2, 0.25) is 0 Å². The third-order valence-electron chi connectivity index (χ3n) is 2.49. The molecule has 1 atom stereocenters. The minimum Gasteiger partial charge on any atom is -0.481 e. The largest absolute Gasteiger partial charge is 0.481 e. The number of hydrogen-bond acceptors (Lipinski definition) is 2. The van der Waals surface area contributed by atoms with Crippen molar-refractivity contribution in [1.29, 1.82) is 0 Å². The number of carboxylic acid groups (broad SMARTS) is 1. The average molecular weight is 220 g/mol. The lowest BCUT2D eigenvalue weighted by atomic mass is 10.1. The maximum absolute atomic E-state index is 10.9. The van der Waals surface area contributed by atoms with E-state index in [1.807, 2.05) is 25.1 Å². The summed E-state index contributed by atoms with van der Waals surface area (Å²) >= 11 is 1.56. The van der Waals surface area contributed by atoms with E-state index in [9.17, 15) is 4.79 Å². The molecule has 2 nitrogen and oxygen atoms in total. The first-order chi connectivity index (χ1) is 7.08. The maximum atomic E-state index is 10.9. The van der Waals surface area contributed by atoms with Gasteiger partial charge in [0.05, 0.1) is 5.92 Å². The summed E-state index contributed by atoms with van der Waals surface area (Å²) in [6, 6.07) is 8.16. The minimum absolute atomic E-state index is 0.414. The number of thiophene rings is 1. The molecule has 0 radical (unpaired) electrons. The molecule has 1 heterocycles. The first-order valence-corrected chi connectivity index (χ1v) is 5.62. The Balaban J connectivity index is 2.51. The molecule has 0 aliphatic heterocycles. The van der Waals surface area contributed by atoms with Gasteiger partial charge in [-0.3, -0.25) is 4.79 Å². The smallest absolute Gasteiger partial charge is 0.311 e. The summed E-state index contributed by atoms with van der Waals surface area (Å²) in [5.41, 5.74) is 1.20. The van der Waals surface area contributed by atoms with Crippen LogP contribution in [-0.4, -0.2) is 11.1 Å². The Bertz CT molecular complexity index is 513. The van der Waals surface area contributed by atoms with Crippen molar-refractivity contribution in [1.82, 2.24) is 0 Å². The van der Waals surface area contributed by atoms with E-state index >= 15 is 0 Å². The summed E-state index contributed by atoms with van der Waals surface area (Å²) in [6.45, 7) is 3.76. The van der Waals surface area contributed by atoms with Crippen LogP contribution in [0.2, 0.25) is 0 Å². The SMILES string of the molecule is Cc1ccc2sc(C(C)C(=O)O)cc2c1. The van der Waals surface area contributed by atoms with Gasteiger partial charge in [0.1, 0.15) is 0 Å². The lowest BCUT2D eigenvalue weighted by molar-refractivity contribution is -0.138. The molecule has 2 rings (SSSR count). The molecular formula is C12H12O2S. The number of carboxylic acids is 1. The Kier molecular flexibility index (Phi) is 2.49. The molecule has 0 bridgehead atoms. The monoisotopic (exact) mass is 220 g/mol. The molecule has 1 aromatic carbocycles. The van der Waals surface area contributed by atoms with Crippen LogP contribution in [-0.2, 0) is 4.79 Å². The van der Waals surface area contributed by atoms with Crippen LogP contribution >= 0.6 is 11.3 Å². The molecule has 0 saturated carbocycles. The highest BCUT2D eigenvalue weighted by Gasteiger charge is 2.16. The van der Waals surface area contributed by atoms with Crippen molar-refractivity contribution < 1.29 is 9.90 Å². The van der Waals surface area contributed by atoms with E-state index in [1.165, 1.54) is 5.56 Å². The second-order valence-electron chi connectivity index (χ2n) is 3.75. The Morgan fingerprint density at radius 2 is 2.13 bits per heavy atom. The third kappa shape index (κ3) is 1.88. The average Bonchev–Trinajstić information content (AvgIpc) is 2.58. The molecule has 0 aliphatic carbocycles. The molecule has 0 saturated heterocycles. The van der Waals surface area contributed by atoms with Gasteiger partial charge in [0.15, 0.2) is 0 Å². The molecule has 1 aromatic heterocycles. The molecule has 15 heavy (non-hydrogen) atoms. The predicted molar refractivity (Wildman–Crippen MR) is 62.6 cm³/mol. The lowest BCUT2D eigenvalue weighted by Gasteiger charge is -1.99. The Morgan fingerprint density at radius 1 is 1.40 bits per heavy atom. The summed E-state index contributed by atoms with van der Waals surface area (Å²) in [5.74, 6) is -1.18. The van der Waals surface area contributed by atoms with Gasteiger partial charge in [-0.05, 0) is 31.4 Å². The first kappa shape index (κ1) is 10.2. The summed E-state index contributed by atoms with van der Waals surface area (Å²) in [4.78, 5) is 11.8. The fraction of sp³-hybridized carbons (Fsp3) is 0.250. The van der Waals surface area contributed by atoms with Crippen LogP contribution in [0.1, 0.15) is 23.3 Å². The van der Waals surface area contributed by atoms with Crippen LogP contribution < -0.4 is 0 Å². The lowest BCUT2D eigenvalue weighted by Crippen LogP contribution is -2.04. The molecule has 0 amide bonds. The van der Waals surface area contributed by atoms with E-state index < -0.39 is 11.9 Å². The topological polar surface area (TPSA) is 37.3 Å². The van der Waals surface area contributed by atoms with E-state index in [1.54, 1.807) is 18.3 Å². The Labute approximate surface area is 92.2 Å². The molecule has 3 heteroatoms. The second kappa shape index (κ2) is 3.66. The number of aliphatic carboxylic acids is 1. The summed E-state index contributed by atoms with van der Waals surface area (Å²) in [5, 5.41) is 10.1. The van der Waals surface area contributed by atoms with Crippen LogP contribution in [0, 0.1) is 6.92 Å². The zero-order valence-electron chi connectivity index (χ0n) is 8.65. The van der Waals surface area contributed by atoms with Crippen LogP contribution in [0.25, 0.3) is 10.1 Å². The van der Waals surface area contributed by atoms with Crippen molar-refractivity contribution in [2.45, 2.75) is 19.8 Å². The number of fused-ring (bicyclic) bond motifs is 1. The molecule has 78 valence electrons. The van der Waals surface area contributed by atoms with Crippen molar-refractivity contribution in [3.8, 4) is 0 Å². The highest BCUT2D eigenvalue weighted by Crippen LogP contribution is 2.31. The number of rotatable bonds is 2. The van der Waals surface area contributed by atoms with Gasteiger partial charge in [-0.2, -0.15) is 0 Å². The van der Waals surface area contributed by atoms with Crippen molar-refractivity contribution in [2.24, 2.45) is 0 Å². The van der Waals surface area contributed by atoms with Crippen LogP contribution in [0.4, 0.5) is 0 Å². The summed E-state index contributed by atoms with van der Waals surface area (Å²) in [6.07, 6.45) is 0. The number of carbonyl (C=O) groups is 1. The first-order valence-electron chi connectivity index (χ1n) is 4.81. The number of hydrogen-bond donors (Lipinski definition) is 1. The van der Waals surface area contributed by atoms with Gasteiger partial charge < -0.3 is 5.11 Å². The van der Waals surface area contributed by atoms with E-state index in [0.29, 0.717) is 0 Å². The summed E-state index contributed by atoms with van der Waals surface area (Å²) < 4.78 is 1.16. The zero-order valence-corrected chi connectivity index (χ0v) is 9.47. The number of aryl methyl sites for hydroxylation is 1. The zero-order chi connectivity index (χ0) is 11.0. The standard InChI is InChI=1S/C12H12O2S/c1-7-3-4-10-9(5-7)6-11(15-10)8(2)12(13)14/h3-6,8H,1-2H3,(H,13,14). The van der Waals surface area contributed by atoms with E-state index in [-0.39, 0.29) is 0 Å². The molecule has 0 spiro atoms. The normalized spacial score (nSPS) is 12.9. The minimum atomic E-state index is -0.765. The third-order valence-corrected chi connectivity index (χ3v) is 3.79. The Morgan fingerprint density at radius 3 is 2.80 bits per heavy atom. The second-order valence-corrected chi connectivity index (χ2v) is 4.87. The number of benzene rings is 1. The molecule has 2 aromatic rings. The fourth-order valence-corrected chi connectivity index (χ4v) is 2.61. The van der Waals surface area contributed by atoms with Crippen molar-refractivity contribution in [2.75, 3.05) is 0 Å². The van der Waals surface area contributed by atoms with Gasteiger partial charge in [0.25, 0.3) is 0 Å². The van der Waals surface area contributed by atoms with E-state index in [2.05, 4.69) is 6.07 Å². The summed E-state index contributed by atoms with van der Waals surface area (Å²) in [7, 11) is 0. The molecule has 0 fully saturated rings. The maximum Gasteiger partial charge on any atom is 0.311 e. The van der Waals surface area contributed by atoms with Crippen LogP contribution in [0.5, 0.6) is 0 Å². The van der Waals surface area contributed by atoms with Gasteiger partial charge >= 0.3 is 5.97 Å². The highest BCUT2D eigenvalue weighted by atomic mass is 32.1. The quantitative estimate of drug-likeness (QED) is 0.842. The molecule has 0 aliphatic rings. The van der Waals surface area contributed by atoms with Gasteiger partial charge in [-0.1, -0.05) is 17.7 Å². The van der Waals surface area contributed by atoms with Crippen molar-refractivity contribution in [3.63, 3.8) is 0 Å².